The first kappa shape index (κ1) is 12.6. The number of allylic oxidation sites excluding steroid dienone is 4. The van der Waals surface area contributed by atoms with Gasteiger partial charge < -0.3 is 5.32 Å². The van der Waals surface area contributed by atoms with Crippen LogP contribution in [0.3, 0.4) is 0 Å². The van der Waals surface area contributed by atoms with Crippen LogP contribution in [0.5, 0.6) is 0 Å². The summed E-state index contributed by atoms with van der Waals surface area (Å²) in [5, 5.41) is 3.73. The predicted octanol–water partition coefficient (Wildman–Crippen LogP) is 3.99. The quantitative estimate of drug-likeness (QED) is 0.721. The Morgan fingerprint density at radius 1 is 1.41 bits per heavy atom. The van der Waals surface area contributed by atoms with Crippen LogP contribution in [0.1, 0.15) is 45.4 Å². The van der Waals surface area contributed by atoms with Gasteiger partial charge in [0.1, 0.15) is 0 Å². The van der Waals surface area contributed by atoms with Gasteiger partial charge in [0.05, 0.1) is 0 Å². The van der Waals surface area contributed by atoms with Crippen LogP contribution in [0.4, 0.5) is 0 Å². The van der Waals surface area contributed by atoms with Crippen molar-refractivity contribution in [3.8, 4) is 0 Å². The molecule has 1 N–H and O–H groups in total. The van der Waals surface area contributed by atoms with Crippen molar-refractivity contribution in [3.63, 3.8) is 0 Å². The molecular formula is C16H25N. The molecule has 1 spiro atoms. The van der Waals surface area contributed by atoms with Gasteiger partial charge in [-0.1, -0.05) is 49.3 Å². The maximum Gasteiger partial charge on any atom is 0.0113 e. The standard InChI is InChI=1S/C16H25N/c1-3-5-8-14(4-2)11-15-12-16(13-17-15)9-6-7-10-16/h3-5,8,15,17H,1,6-7,9-13H2,2H3/b8-5-,14-4+. The SMILES string of the molecule is C=C/C=C\C(=C/C)CC1CC2(CCCC2)CN1. The van der Waals surface area contributed by atoms with Gasteiger partial charge in [0.25, 0.3) is 0 Å². The van der Waals surface area contributed by atoms with Gasteiger partial charge in [-0.3, -0.25) is 0 Å². The Bertz CT molecular complexity index is 318. The van der Waals surface area contributed by atoms with Gasteiger partial charge in [0.15, 0.2) is 0 Å². The molecule has 94 valence electrons. The third kappa shape index (κ3) is 3.10. The molecule has 1 aliphatic heterocycles. The first-order valence-electron chi connectivity index (χ1n) is 6.96. The van der Waals surface area contributed by atoms with E-state index in [0.717, 1.165) is 0 Å². The van der Waals surface area contributed by atoms with E-state index in [0.29, 0.717) is 11.5 Å². The van der Waals surface area contributed by atoms with Gasteiger partial charge in [-0.25, -0.2) is 0 Å². The third-order valence-corrected chi connectivity index (χ3v) is 4.41. The minimum absolute atomic E-state index is 0.658. The Balaban J connectivity index is 1.88. The predicted molar refractivity (Wildman–Crippen MR) is 75.0 cm³/mol. The van der Waals surface area contributed by atoms with E-state index in [2.05, 4.69) is 31.0 Å². The minimum Gasteiger partial charge on any atom is -0.313 e. The summed E-state index contributed by atoms with van der Waals surface area (Å²) in [6.07, 6.45) is 16.6. The van der Waals surface area contributed by atoms with E-state index in [-0.39, 0.29) is 0 Å². The molecule has 0 aromatic heterocycles. The largest absolute Gasteiger partial charge is 0.313 e. The monoisotopic (exact) mass is 231 g/mol. The molecule has 1 heterocycles. The molecule has 1 saturated heterocycles. The third-order valence-electron chi connectivity index (χ3n) is 4.41. The fraction of sp³-hybridized carbons (Fsp3) is 0.625. The lowest BCUT2D eigenvalue weighted by Gasteiger charge is -2.21. The van der Waals surface area contributed by atoms with Crippen molar-refractivity contribution in [1.82, 2.24) is 5.32 Å². The van der Waals surface area contributed by atoms with Crippen LogP contribution < -0.4 is 5.32 Å². The molecule has 1 nitrogen and oxygen atoms in total. The van der Waals surface area contributed by atoms with Crippen LogP contribution in [-0.4, -0.2) is 12.6 Å². The Morgan fingerprint density at radius 3 is 2.82 bits per heavy atom. The first-order chi connectivity index (χ1) is 8.28. The maximum absolute atomic E-state index is 3.73. The maximum atomic E-state index is 3.73. The molecule has 1 aliphatic carbocycles. The zero-order chi connectivity index (χ0) is 12.1. The summed E-state index contributed by atoms with van der Waals surface area (Å²) >= 11 is 0. The van der Waals surface area contributed by atoms with Crippen molar-refractivity contribution >= 4 is 0 Å². The summed E-state index contributed by atoms with van der Waals surface area (Å²) in [5.74, 6) is 0. The lowest BCUT2D eigenvalue weighted by atomic mass is 9.83. The molecule has 1 heteroatoms. The molecular weight excluding hydrogens is 206 g/mol. The molecule has 1 saturated carbocycles. The zero-order valence-electron chi connectivity index (χ0n) is 11.0. The number of hydrogen-bond donors (Lipinski definition) is 1. The van der Waals surface area contributed by atoms with Gasteiger partial charge in [0.2, 0.25) is 0 Å². The van der Waals surface area contributed by atoms with Crippen LogP contribution in [0, 0.1) is 5.41 Å². The fourth-order valence-corrected chi connectivity index (χ4v) is 3.44. The highest BCUT2D eigenvalue weighted by molar-refractivity contribution is 5.22. The lowest BCUT2D eigenvalue weighted by molar-refractivity contribution is 0.328. The number of rotatable bonds is 4. The molecule has 1 unspecified atom stereocenters. The van der Waals surface area contributed by atoms with Crippen LogP contribution in [-0.2, 0) is 0 Å². The number of hydrogen-bond acceptors (Lipinski definition) is 1. The lowest BCUT2D eigenvalue weighted by Crippen LogP contribution is -2.22. The summed E-state index contributed by atoms with van der Waals surface area (Å²) in [6, 6.07) is 0.689. The van der Waals surface area contributed by atoms with Gasteiger partial charge in [0, 0.05) is 12.6 Å². The fourth-order valence-electron chi connectivity index (χ4n) is 3.44. The van der Waals surface area contributed by atoms with Crippen molar-refractivity contribution in [1.29, 1.82) is 0 Å². The van der Waals surface area contributed by atoms with Crippen LogP contribution >= 0.6 is 0 Å². The van der Waals surface area contributed by atoms with Crippen LogP contribution in [0.2, 0.25) is 0 Å². The highest BCUT2D eigenvalue weighted by atomic mass is 15.0. The second-order valence-electron chi connectivity index (χ2n) is 5.65. The van der Waals surface area contributed by atoms with Gasteiger partial charge in [-0.15, -0.1) is 0 Å². The van der Waals surface area contributed by atoms with E-state index >= 15 is 0 Å². The first-order valence-corrected chi connectivity index (χ1v) is 6.96. The Hall–Kier alpha value is -0.820. The molecule has 0 radical (unpaired) electrons. The molecule has 0 aromatic carbocycles. The molecule has 1 atom stereocenters. The van der Waals surface area contributed by atoms with Crippen molar-refractivity contribution < 1.29 is 0 Å². The minimum atomic E-state index is 0.658. The van der Waals surface area contributed by atoms with E-state index in [9.17, 15) is 0 Å². The second kappa shape index (κ2) is 5.68. The van der Waals surface area contributed by atoms with E-state index in [1.807, 2.05) is 12.2 Å². The summed E-state index contributed by atoms with van der Waals surface area (Å²) in [4.78, 5) is 0. The van der Waals surface area contributed by atoms with E-state index in [1.54, 1.807) is 0 Å². The van der Waals surface area contributed by atoms with E-state index in [1.165, 1.54) is 50.6 Å². The van der Waals surface area contributed by atoms with Gasteiger partial charge >= 0.3 is 0 Å². The topological polar surface area (TPSA) is 12.0 Å². The Morgan fingerprint density at radius 2 is 2.18 bits per heavy atom. The summed E-state index contributed by atoms with van der Waals surface area (Å²) < 4.78 is 0. The molecule has 0 amide bonds. The van der Waals surface area contributed by atoms with Gasteiger partial charge in [-0.2, -0.15) is 0 Å². The molecule has 0 bridgehead atoms. The smallest absolute Gasteiger partial charge is 0.0113 e. The molecule has 2 fully saturated rings. The van der Waals surface area contributed by atoms with Crippen molar-refractivity contribution in [2.45, 2.75) is 51.5 Å². The molecule has 2 aliphatic rings. The Labute approximate surface area is 106 Å². The van der Waals surface area contributed by atoms with Crippen molar-refractivity contribution in [2.75, 3.05) is 6.54 Å². The zero-order valence-corrected chi connectivity index (χ0v) is 11.0. The highest BCUT2D eigenvalue weighted by Gasteiger charge is 2.40. The van der Waals surface area contributed by atoms with E-state index in [4.69, 9.17) is 0 Å². The molecule has 17 heavy (non-hydrogen) atoms. The summed E-state index contributed by atoms with van der Waals surface area (Å²) in [7, 11) is 0. The highest BCUT2D eigenvalue weighted by Crippen LogP contribution is 2.45. The molecule has 2 rings (SSSR count). The van der Waals surface area contributed by atoms with Crippen molar-refractivity contribution in [2.24, 2.45) is 5.41 Å². The number of nitrogens with one attached hydrogen (secondary N) is 1. The average molecular weight is 231 g/mol. The average Bonchev–Trinajstić information content (AvgIpc) is 2.96. The summed E-state index contributed by atoms with van der Waals surface area (Å²) in [6.45, 7) is 7.10. The normalized spacial score (nSPS) is 28.3. The summed E-state index contributed by atoms with van der Waals surface area (Å²) in [5.41, 5.74) is 2.09. The van der Waals surface area contributed by atoms with E-state index < -0.39 is 0 Å². The Kier molecular flexibility index (Phi) is 4.22. The second-order valence-corrected chi connectivity index (χ2v) is 5.65. The molecule has 0 aromatic rings. The van der Waals surface area contributed by atoms with Crippen LogP contribution in [0.15, 0.2) is 36.5 Å². The van der Waals surface area contributed by atoms with Crippen LogP contribution in [0.25, 0.3) is 0 Å². The van der Waals surface area contributed by atoms with Gasteiger partial charge in [-0.05, 0) is 38.0 Å². The van der Waals surface area contributed by atoms with Crippen molar-refractivity contribution in [3.05, 3.63) is 36.5 Å².